The molecule has 4 rings (SSSR count). The number of benzene rings is 1. The third-order valence-corrected chi connectivity index (χ3v) is 4.69. The molecule has 1 aromatic carbocycles. The molecular formula is C23H30N8O. The van der Waals surface area contributed by atoms with E-state index in [-0.39, 0.29) is 17.6 Å². The first-order valence-corrected chi connectivity index (χ1v) is 10.9. The van der Waals surface area contributed by atoms with Crippen LogP contribution in [0.1, 0.15) is 57.5 Å². The molecule has 0 aliphatic heterocycles. The summed E-state index contributed by atoms with van der Waals surface area (Å²) in [5, 5.41) is 20.3. The van der Waals surface area contributed by atoms with Crippen LogP contribution in [0.25, 0.3) is 11.3 Å². The minimum Gasteiger partial charge on any atom is -0.476 e. The standard InChI is InChI=1S/C21H24N8O.C2H6/c1-4-30-18(22)19-26-20-16(14(2)3)13-25-29(20)21(27-19)23-12-15-8-5-6-9-17(15)28-11-7-10-24-28;1-2/h5-11,13-14,22H,4,12H2,1-3H3,(H,23,26,27);1-2H3. The lowest BCUT2D eigenvalue weighted by molar-refractivity contribution is 0.323. The van der Waals surface area contributed by atoms with Gasteiger partial charge in [0.05, 0.1) is 18.5 Å². The minimum absolute atomic E-state index is 0.0594. The molecule has 0 saturated carbocycles. The molecule has 0 atom stereocenters. The first kappa shape index (κ1) is 22.9. The zero-order chi connectivity index (χ0) is 23.1. The van der Waals surface area contributed by atoms with Crippen LogP contribution in [0.5, 0.6) is 0 Å². The molecule has 0 aliphatic carbocycles. The number of nitrogens with one attached hydrogen (secondary N) is 2. The van der Waals surface area contributed by atoms with Crippen molar-refractivity contribution >= 4 is 17.5 Å². The van der Waals surface area contributed by atoms with E-state index < -0.39 is 0 Å². The van der Waals surface area contributed by atoms with E-state index in [1.54, 1.807) is 16.9 Å². The molecule has 0 aliphatic rings. The predicted molar refractivity (Wildman–Crippen MR) is 126 cm³/mol. The van der Waals surface area contributed by atoms with Crippen LogP contribution in [0, 0.1) is 5.41 Å². The summed E-state index contributed by atoms with van der Waals surface area (Å²) >= 11 is 0. The van der Waals surface area contributed by atoms with Gasteiger partial charge in [0.15, 0.2) is 5.65 Å². The molecule has 0 amide bonds. The normalized spacial score (nSPS) is 10.7. The van der Waals surface area contributed by atoms with Crippen molar-refractivity contribution in [3.05, 3.63) is 65.9 Å². The van der Waals surface area contributed by atoms with Gasteiger partial charge in [0, 0.05) is 24.5 Å². The molecule has 0 saturated heterocycles. The Balaban J connectivity index is 0.00000141. The summed E-state index contributed by atoms with van der Waals surface area (Å²) in [5.41, 5.74) is 3.68. The molecule has 4 aromatic rings. The van der Waals surface area contributed by atoms with Gasteiger partial charge in [0.1, 0.15) is 0 Å². The van der Waals surface area contributed by atoms with Gasteiger partial charge in [-0.3, -0.25) is 5.41 Å². The second-order valence-corrected chi connectivity index (χ2v) is 7.06. The van der Waals surface area contributed by atoms with Crippen LogP contribution in [-0.4, -0.2) is 41.9 Å². The molecule has 0 spiro atoms. The topological polar surface area (TPSA) is 106 Å². The lowest BCUT2D eigenvalue weighted by Gasteiger charge is -2.13. The average molecular weight is 435 g/mol. The Labute approximate surface area is 188 Å². The van der Waals surface area contributed by atoms with Crippen LogP contribution in [0.3, 0.4) is 0 Å². The van der Waals surface area contributed by atoms with Gasteiger partial charge in [0.2, 0.25) is 11.8 Å². The fourth-order valence-electron chi connectivity index (χ4n) is 3.20. The van der Waals surface area contributed by atoms with Crippen molar-refractivity contribution in [3.8, 4) is 5.69 Å². The van der Waals surface area contributed by atoms with E-state index in [1.807, 2.05) is 62.0 Å². The number of fused-ring (bicyclic) bond motifs is 1. The summed E-state index contributed by atoms with van der Waals surface area (Å²) in [5.74, 6) is 0.909. The highest BCUT2D eigenvalue weighted by Crippen LogP contribution is 2.22. The predicted octanol–water partition coefficient (Wildman–Crippen LogP) is 4.43. The van der Waals surface area contributed by atoms with Crippen LogP contribution in [0.15, 0.2) is 48.9 Å². The number of hydrogen-bond acceptors (Lipinski definition) is 7. The fourth-order valence-corrected chi connectivity index (χ4v) is 3.20. The molecular weight excluding hydrogens is 404 g/mol. The van der Waals surface area contributed by atoms with E-state index in [1.165, 1.54) is 0 Å². The van der Waals surface area contributed by atoms with Gasteiger partial charge in [-0.15, -0.1) is 0 Å². The van der Waals surface area contributed by atoms with E-state index in [0.29, 0.717) is 24.7 Å². The summed E-state index contributed by atoms with van der Waals surface area (Å²) in [4.78, 5) is 9.04. The van der Waals surface area contributed by atoms with Crippen LogP contribution in [-0.2, 0) is 11.3 Å². The van der Waals surface area contributed by atoms with E-state index in [2.05, 4.69) is 39.3 Å². The quantitative estimate of drug-likeness (QED) is 0.329. The van der Waals surface area contributed by atoms with Gasteiger partial charge in [-0.05, 0) is 30.5 Å². The van der Waals surface area contributed by atoms with Gasteiger partial charge in [-0.2, -0.15) is 19.7 Å². The molecule has 32 heavy (non-hydrogen) atoms. The van der Waals surface area contributed by atoms with Crippen molar-refractivity contribution in [1.82, 2.24) is 29.4 Å². The minimum atomic E-state index is -0.0594. The first-order chi connectivity index (χ1) is 15.6. The van der Waals surface area contributed by atoms with Crippen molar-refractivity contribution < 1.29 is 4.74 Å². The number of hydrogen-bond donors (Lipinski definition) is 2. The van der Waals surface area contributed by atoms with Crippen molar-refractivity contribution in [2.24, 2.45) is 0 Å². The van der Waals surface area contributed by atoms with Crippen molar-refractivity contribution in [3.63, 3.8) is 0 Å². The van der Waals surface area contributed by atoms with Crippen molar-refractivity contribution in [2.75, 3.05) is 11.9 Å². The Kier molecular flexibility index (Phi) is 7.54. The van der Waals surface area contributed by atoms with Gasteiger partial charge in [0.25, 0.3) is 5.90 Å². The second-order valence-electron chi connectivity index (χ2n) is 7.06. The molecule has 9 nitrogen and oxygen atoms in total. The molecule has 2 N–H and O–H groups in total. The Morgan fingerprint density at radius 2 is 1.91 bits per heavy atom. The second kappa shape index (κ2) is 10.5. The Morgan fingerprint density at radius 3 is 2.59 bits per heavy atom. The monoisotopic (exact) mass is 434 g/mol. The smallest absolute Gasteiger partial charge is 0.252 e. The number of nitrogens with zero attached hydrogens (tertiary/aromatic N) is 6. The maximum Gasteiger partial charge on any atom is 0.252 e. The van der Waals surface area contributed by atoms with Crippen molar-refractivity contribution in [1.29, 1.82) is 5.41 Å². The molecule has 0 unspecified atom stereocenters. The summed E-state index contributed by atoms with van der Waals surface area (Å²) in [6, 6.07) is 9.91. The Hall–Kier alpha value is -3.75. The van der Waals surface area contributed by atoms with Crippen molar-refractivity contribution in [2.45, 2.75) is 47.1 Å². The summed E-state index contributed by atoms with van der Waals surface area (Å²) in [6.45, 7) is 10.9. The summed E-state index contributed by atoms with van der Waals surface area (Å²) in [6.07, 6.45) is 5.46. The lowest BCUT2D eigenvalue weighted by atomic mass is 10.1. The third-order valence-electron chi connectivity index (χ3n) is 4.69. The maximum absolute atomic E-state index is 8.14. The van der Waals surface area contributed by atoms with Gasteiger partial charge >= 0.3 is 0 Å². The average Bonchev–Trinajstić information content (AvgIpc) is 3.49. The van der Waals surface area contributed by atoms with E-state index >= 15 is 0 Å². The Morgan fingerprint density at radius 1 is 1.12 bits per heavy atom. The zero-order valence-electron chi connectivity index (χ0n) is 19.2. The van der Waals surface area contributed by atoms with E-state index in [0.717, 1.165) is 16.8 Å². The molecule has 168 valence electrons. The summed E-state index contributed by atoms with van der Waals surface area (Å²) in [7, 11) is 0. The largest absolute Gasteiger partial charge is 0.476 e. The number of rotatable bonds is 7. The number of ether oxygens (including phenoxy) is 1. The van der Waals surface area contributed by atoms with Gasteiger partial charge < -0.3 is 10.1 Å². The lowest BCUT2D eigenvalue weighted by Crippen LogP contribution is -2.16. The van der Waals surface area contributed by atoms with E-state index in [9.17, 15) is 0 Å². The van der Waals surface area contributed by atoms with Crippen LogP contribution in [0.2, 0.25) is 0 Å². The summed E-state index contributed by atoms with van der Waals surface area (Å²) < 4.78 is 8.83. The molecule has 0 bridgehead atoms. The SMILES string of the molecule is CC.CCOC(=N)c1nc(NCc2ccccc2-n2cccn2)n2ncc(C(C)C)c2n1. The van der Waals surface area contributed by atoms with Crippen LogP contribution < -0.4 is 5.32 Å². The van der Waals surface area contributed by atoms with Crippen LogP contribution >= 0.6 is 0 Å². The molecule has 3 heterocycles. The molecule has 3 aromatic heterocycles. The first-order valence-electron chi connectivity index (χ1n) is 10.9. The zero-order valence-corrected chi connectivity index (χ0v) is 19.2. The van der Waals surface area contributed by atoms with Crippen LogP contribution in [0.4, 0.5) is 5.95 Å². The molecule has 0 radical (unpaired) electrons. The maximum atomic E-state index is 8.14. The van der Waals surface area contributed by atoms with E-state index in [4.69, 9.17) is 10.1 Å². The Bertz CT molecular complexity index is 1160. The van der Waals surface area contributed by atoms with Gasteiger partial charge in [-0.25, -0.2) is 9.67 Å². The fraction of sp³-hybridized carbons (Fsp3) is 0.348. The number of aromatic nitrogens is 6. The number of anilines is 1. The molecule has 0 fully saturated rings. The number of para-hydroxylation sites is 1. The third kappa shape index (κ3) is 4.77. The highest BCUT2D eigenvalue weighted by atomic mass is 16.5. The van der Waals surface area contributed by atoms with Gasteiger partial charge in [-0.1, -0.05) is 45.9 Å². The molecule has 9 heteroatoms. The highest BCUT2D eigenvalue weighted by molar-refractivity contribution is 5.88. The highest BCUT2D eigenvalue weighted by Gasteiger charge is 2.18.